The Hall–Kier alpha value is -3.56. The number of pyridine rings is 1. The van der Waals surface area contributed by atoms with Crippen molar-refractivity contribution in [3.63, 3.8) is 0 Å². The van der Waals surface area contributed by atoms with E-state index < -0.39 is 23.2 Å². The Bertz CT molecular complexity index is 1320. The van der Waals surface area contributed by atoms with E-state index in [1.807, 2.05) is 42.5 Å². The minimum absolute atomic E-state index is 0.146. The number of ether oxygens (including phenoxy) is 3. The first-order valence-electron chi connectivity index (χ1n) is 13.3. The number of aliphatic hydroxyl groups excluding tert-OH is 1. The summed E-state index contributed by atoms with van der Waals surface area (Å²) in [7, 11) is 2.98. The van der Waals surface area contributed by atoms with Crippen LogP contribution in [0.15, 0.2) is 65.4 Å². The van der Waals surface area contributed by atoms with E-state index in [-0.39, 0.29) is 23.6 Å². The summed E-state index contributed by atoms with van der Waals surface area (Å²) in [5.74, 6) is -0.391. The Morgan fingerprint density at radius 2 is 1.95 bits per heavy atom. The van der Waals surface area contributed by atoms with Crippen LogP contribution in [0.4, 0.5) is 0 Å². The summed E-state index contributed by atoms with van der Waals surface area (Å²) in [5, 5.41) is 29.0. The Morgan fingerprint density at radius 3 is 2.54 bits per heavy atom. The molecule has 1 aromatic carbocycles. The zero-order valence-electron chi connectivity index (χ0n) is 22.7. The molecule has 5 rings (SSSR count). The van der Waals surface area contributed by atoms with Gasteiger partial charge in [-0.05, 0) is 30.6 Å². The topological polar surface area (TPSA) is 133 Å². The molecule has 10 nitrogen and oxygen atoms in total. The second-order valence-corrected chi connectivity index (χ2v) is 10.2. The minimum Gasteiger partial charge on any atom is -0.482 e. The average molecular weight is 534 g/mol. The number of fused-ring (bicyclic) bond motifs is 3. The van der Waals surface area contributed by atoms with Crippen LogP contribution in [0, 0.1) is 11.8 Å². The molecular weight excluding hydrogens is 498 g/mol. The fraction of sp³-hybridized carbons (Fsp3) is 0.483. The molecular formula is C29H35N5O5. The van der Waals surface area contributed by atoms with Crippen molar-refractivity contribution in [2.75, 3.05) is 33.9 Å². The Labute approximate surface area is 228 Å². The highest BCUT2D eigenvalue weighted by Gasteiger charge is 2.78. The highest BCUT2D eigenvalue weighted by molar-refractivity contribution is 5.58. The molecule has 0 saturated heterocycles. The zero-order chi connectivity index (χ0) is 27.8. The number of aromatic nitrogens is 1. The number of aliphatic hydroxyl groups is 2. The quantitative estimate of drug-likeness (QED) is 0.279. The molecule has 0 amide bonds. The molecule has 1 aliphatic heterocycles. The van der Waals surface area contributed by atoms with Crippen molar-refractivity contribution < 1.29 is 24.4 Å². The predicted molar refractivity (Wildman–Crippen MR) is 146 cm³/mol. The van der Waals surface area contributed by atoms with Crippen LogP contribution >= 0.6 is 0 Å². The van der Waals surface area contributed by atoms with Crippen LogP contribution in [0.3, 0.4) is 0 Å². The van der Waals surface area contributed by atoms with E-state index in [0.717, 1.165) is 18.7 Å². The van der Waals surface area contributed by atoms with Gasteiger partial charge in [0.15, 0.2) is 11.2 Å². The number of hydrogen-bond acceptors (Lipinski definition) is 8. The SMILES string of the molecule is CCN(CC)C[C@H]1[C@@H](O)[C@@]2(O)c3c(cc(OC)nc3OC)O[C@@]2(C2C=CC(N=[N+]=[N-])=CC2)[C@@H]1c1ccccc1. The van der Waals surface area contributed by atoms with Gasteiger partial charge in [-0.2, -0.15) is 4.98 Å². The van der Waals surface area contributed by atoms with Crippen molar-refractivity contribution in [1.29, 1.82) is 0 Å². The lowest BCUT2D eigenvalue weighted by molar-refractivity contribution is -0.163. The number of azide groups is 1. The lowest BCUT2D eigenvalue weighted by Crippen LogP contribution is -2.58. The minimum atomic E-state index is -1.87. The molecule has 1 saturated carbocycles. The number of hydrogen-bond donors (Lipinski definition) is 2. The van der Waals surface area contributed by atoms with Crippen LogP contribution in [0.25, 0.3) is 10.4 Å². The third-order valence-corrected chi connectivity index (χ3v) is 8.62. The van der Waals surface area contributed by atoms with E-state index in [0.29, 0.717) is 30.0 Å². The fourth-order valence-electron chi connectivity index (χ4n) is 6.89. The Morgan fingerprint density at radius 1 is 1.21 bits per heavy atom. The van der Waals surface area contributed by atoms with E-state index >= 15 is 0 Å². The maximum absolute atomic E-state index is 13.0. The van der Waals surface area contributed by atoms with Gasteiger partial charge >= 0.3 is 0 Å². The van der Waals surface area contributed by atoms with Crippen LogP contribution < -0.4 is 14.2 Å². The van der Waals surface area contributed by atoms with Crippen molar-refractivity contribution in [3.8, 4) is 17.5 Å². The maximum Gasteiger partial charge on any atom is 0.226 e. The number of rotatable bonds is 9. The van der Waals surface area contributed by atoms with Gasteiger partial charge in [-0.3, -0.25) is 0 Å². The largest absolute Gasteiger partial charge is 0.482 e. The first-order valence-corrected chi connectivity index (χ1v) is 13.3. The Balaban J connectivity index is 1.78. The molecule has 2 heterocycles. The second kappa shape index (κ2) is 10.5. The van der Waals surface area contributed by atoms with Crippen molar-refractivity contribution in [3.05, 3.63) is 81.9 Å². The monoisotopic (exact) mass is 533 g/mol. The normalized spacial score (nSPS) is 30.7. The molecule has 0 spiro atoms. The van der Waals surface area contributed by atoms with Crippen LogP contribution in [0.5, 0.6) is 17.5 Å². The van der Waals surface area contributed by atoms with E-state index in [9.17, 15) is 10.2 Å². The molecule has 6 atom stereocenters. The third-order valence-electron chi connectivity index (χ3n) is 8.62. The van der Waals surface area contributed by atoms with Gasteiger partial charge in [0.25, 0.3) is 0 Å². The van der Waals surface area contributed by atoms with Crippen LogP contribution in [-0.2, 0) is 5.60 Å². The van der Waals surface area contributed by atoms with E-state index in [2.05, 4.69) is 33.8 Å². The van der Waals surface area contributed by atoms with Gasteiger partial charge in [0, 0.05) is 41.0 Å². The van der Waals surface area contributed by atoms with Crippen molar-refractivity contribution in [1.82, 2.24) is 9.88 Å². The number of benzene rings is 1. The van der Waals surface area contributed by atoms with Gasteiger partial charge in [0.05, 0.1) is 25.9 Å². The molecule has 2 N–H and O–H groups in total. The van der Waals surface area contributed by atoms with Gasteiger partial charge < -0.3 is 29.3 Å². The summed E-state index contributed by atoms with van der Waals surface area (Å²) < 4.78 is 18.0. The summed E-state index contributed by atoms with van der Waals surface area (Å²) >= 11 is 0. The lowest BCUT2D eigenvalue weighted by atomic mass is 9.66. The second-order valence-electron chi connectivity index (χ2n) is 10.2. The fourth-order valence-corrected chi connectivity index (χ4v) is 6.89. The zero-order valence-corrected chi connectivity index (χ0v) is 22.7. The summed E-state index contributed by atoms with van der Waals surface area (Å²) in [5.41, 5.74) is 7.52. The van der Waals surface area contributed by atoms with Gasteiger partial charge in [-0.1, -0.05) is 67.5 Å². The lowest BCUT2D eigenvalue weighted by Gasteiger charge is -2.45. The molecule has 2 aromatic rings. The standard InChI is InChI=1S/C29H35N5O5/c1-5-34(6-2)17-21-24(18-10-8-7-9-11-18)29(19-12-14-20(15-13-19)32-33-30)28(36,26(21)35)25-22(39-29)16-23(37-3)31-27(25)38-4/h7-12,14-16,19,21,24,26,35-36H,5-6,13,17H2,1-4H3/t19?,21-,24-,26-,28+,29+/m1/s1. The van der Waals surface area contributed by atoms with Gasteiger partial charge in [0.2, 0.25) is 11.8 Å². The molecule has 1 fully saturated rings. The molecule has 206 valence electrons. The molecule has 39 heavy (non-hydrogen) atoms. The summed E-state index contributed by atoms with van der Waals surface area (Å²) in [6, 6.07) is 11.6. The molecule has 0 radical (unpaired) electrons. The molecule has 10 heteroatoms. The smallest absolute Gasteiger partial charge is 0.226 e. The first kappa shape index (κ1) is 27.0. The molecule has 0 bridgehead atoms. The Kier molecular flexibility index (Phi) is 7.31. The van der Waals surface area contributed by atoms with Crippen molar-refractivity contribution in [2.24, 2.45) is 17.0 Å². The summed E-state index contributed by atoms with van der Waals surface area (Å²) in [6.45, 7) is 6.33. The molecule has 1 unspecified atom stereocenters. The number of allylic oxidation sites excluding steroid dienone is 2. The van der Waals surface area contributed by atoms with Crippen LogP contribution in [0.2, 0.25) is 0 Å². The predicted octanol–water partition coefficient (Wildman–Crippen LogP) is 4.30. The van der Waals surface area contributed by atoms with Gasteiger partial charge in [0.1, 0.15) is 5.75 Å². The summed E-state index contributed by atoms with van der Waals surface area (Å²) in [6.07, 6.45) is 4.73. The summed E-state index contributed by atoms with van der Waals surface area (Å²) in [4.78, 5) is 9.62. The molecule has 1 aromatic heterocycles. The highest BCUT2D eigenvalue weighted by atomic mass is 16.5. The first-order chi connectivity index (χ1) is 18.9. The molecule has 2 aliphatic carbocycles. The maximum atomic E-state index is 13.0. The number of methoxy groups -OCH3 is 2. The highest BCUT2D eigenvalue weighted by Crippen LogP contribution is 2.69. The third kappa shape index (κ3) is 3.98. The van der Waals surface area contributed by atoms with Crippen molar-refractivity contribution in [2.45, 2.75) is 43.5 Å². The number of nitrogens with zero attached hydrogens (tertiary/aromatic N) is 5. The van der Waals surface area contributed by atoms with Gasteiger partial charge in [-0.25, -0.2) is 0 Å². The van der Waals surface area contributed by atoms with E-state index in [1.165, 1.54) is 14.2 Å². The van der Waals surface area contributed by atoms with E-state index in [4.69, 9.17) is 19.7 Å². The molecule has 3 aliphatic rings. The average Bonchev–Trinajstić information content (AvgIpc) is 3.34. The van der Waals surface area contributed by atoms with Crippen LogP contribution in [0.1, 0.15) is 37.3 Å². The van der Waals surface area contributed by atoms with Crippen LogP contribution in [-0.4, -0.2) is 65.7 Å². The van der Waals surface area contributed by atoms with E-state index in [1.54, 1.807) is 12.1 Å². The van der Waals surface area contributed by atoms with Crippen molar-refractivity contribution >= 4 is 0 Å². The van der Waals surface area contributed by atoms with Gasteiger partial charge in [-0.15, -0.1) is 0 Å².